The van der Waals surface area contributed by atoms with Crippen LogP contribution < -0.4 is 5.73 Å². The van der Waals surface area contributed by atoms with Crippen LogP contribution in [-0.4, -0.2) is 9.97 Å². The summed E-state index contributed by atoms with van der Waals surface area (Å²) in [5.74, 6) is 1.04. The number of nitrogens with two attached hydrogens (primary N) is 1. The van der Waals surface area contributed by atoms with Crippen LogP contribution in [0.4, 0.5) is 5.82 Å². The first-order chi connectivity index (χ1) is 9.65. The van der Waals surface area contributed by atoms with Crippen molar-refractivity contribution >= 4 is 16.7 Å². The number of anilines is 1. The third-order valence-electron chi connectivity index (χ3n) is 3.51. The van der Waals surface area contributed by atoms with E-state index in [1.807, 2.05) is 24.4 Å². The van der Waals surface area contributed by atoms with E-state index < -0.39 is 0 Å². The maximum Gasteiger partial charge on any atom is 0.132 e. The molecule has 20 heavy (non-hydrogen) atoms. The van der Waals surface area contributed by atoms with Crippen LogP contribution in [0.3, 0.4) is 0 Å². The molecule has 3 nitrogen and oxygen atoms in total. The molecule has 2 N–H and O–H groups in total. The van der Waals surface area contributed by atoms with Gasteiger partial charge in [0.1, 0.15) is 5.82 Å². The van der Waals surface area contributed by atoms with E-state index >= 15 is 0 Å². The fourth-order valence-corrected chi connectivity index (χ4v) is 2.32. The van der Waals surface area contributed by atoms with Gasteiger partial charge in [-0.2, -0.15) is 0 Å². The Kier molecular flexibility index (Phi) is 3.11. The van der Waals surface area contributed by atoms with Gasteiger partial charge < -0.3 is 5.73 Å². The summed E-state index contributed by atoms with van der Waals surface area (Å²) in [6.07, 6.45) is 3.57. The first kappa shape index (κ1) is 12.6. The van der Waals surface area contributed by atoms with E-state index in [1.165, 1.54) is 5.56 Å². The highest BCUT2D eigenvalue weighted by molar-refractivity contribution is 5.89. The summed E-state index contributed by atoms with van der Waals surface area (Å²) in [5.41, 5.74) is 10.2. The number of hydrogen-bond donors (Lipinski definition) is 1. The van der Waals surface area contributed by atoms with Crippen molar-refractivity contribution in [3.8, 4) is 11.1 Å². The normalized spacial score (nSPS) is 11.2. The van der Waals surface area contributed by atoms with Crippen LogP contribution in [0.5, 0.6) is 0 Å². The molecule has 0 atom stereocenters. The number of fused-ring (bicyclic) bond motifs is 1. The molecule has 100 valence electrons. The van der Waals surface area contributed by atoms with E-state index in [9.17, 15) is 0 Å². The van der Waals surface area contributed by atoms with Crippen LogP contribution in [0.1, 0.15) is 25.3 Å². The number of rotatable bonds is 2. The quantitative estimate of drug-likeness (QED) is 0.760. The van der Waals surface area contributed by atoms with Crippen molar-refractivity contribution in [2.75, 3.05) is 5.73 Å². The third kappa shape index (κ3) is 2.23. The average molecular weight is 263 g/mol. The Morgan fingerprint density at radius 3 is 2.65 bits per heavy atom. The molecule has 0 saturated heterocycles. The summed E-state index contributed by atoms with van der Waals surface area (Å²) in [4.78, 5) is 8.65. The van der Waals surface area contributed by atoms with Crippen LogP contribution in [0.25, 0.3) is 22.0 Å². The number of aromatic nitrogens is 2. The monoisotopic (exact) mass is 263 g/mol. The first-order valence-corrected chi connectivity index (χ1v) is 6.76. The predicted octanol–water partition coefficient (Wildman–Crippen LogP) is 4.00. The zero-order valence-corrected chi connectivity index (χ0v) is 11.7. The Bertz CT molecular complexity index is 749. The maximum atomic E-state index is 6.08. The van der Waals surface area contributed by atoms with Gasteiger partial charge in [0, 0.05) is 28.9 Å². The molecule has 3 aromatic rings. The minimum Gasteiger partial charge on any atom is -0.383 e. The van der Waals surface area contributed by atoms with Crippen molar-refractivity contribution in [2.24, 2.45) is 0 Å². The highest BCUT2D eigenvalue weighted by Gasteiger charge is 2.08. The highest BCUT2D eigenvalue weighted by atomic mass is 14.8. The Morgan fingerprint density at radius 2 is 1.95 bits per heavy atom. The van der Waals surface area contributed by atoms with Crippen molar-refractivity contribution < 1.29 is 0 Å². The smallest absolute Gasteiger partial charge is 0.132 e. The van der Waals surface area contributed by atoms with Crippen LogP contribution in [0, 0.1) is 0 Å². The largest absolute Gasteiger partial charge is 0.383 e. The number of hydrogen-bond acceptors (Lipinski definition) is 3. The Balaban J connectivity index is 2.21. The van der Waals surface area contributed by atoms with Gasteiger partial charge in [-0.05, 0) is 35.7 Å². The molecule has 0 aliphatic carbocycles. The molecule has 0 aliphatic heterocycles. The lowest BCUT2D eigenvalue weighted by atomic mass is 9.99. The zero-order valence-electron chi connectivity index (χ0n) is 11.7. The minimum absolute atomic E-state index is 0.499. The molecule has 0 spiro atoms. The fraction of sp³-hybridized carbons (Fsp3) is 0.176. The van der Waals surface area contributed by atoms with E-state index in [0.29, 0.717) is 11.7 Å². The molecule has 2 heterocycles. The SMILES string of the molecule is CC(C)c1ccc2nc(N)c(-c3cccnc3)cc2c1. The zero-order chi connectivity index (χ0) is 14.1. The van der Waals surface area contributed by atoms with E-state index in [0.717, 1.165) is 22.0 Å². The summed E-state index contributed by atoms with van der Waals surface area (Å²) in [6.45, 7) is 4.38. The van der Waals surface area contributed by atoms with Gasteiger partial charge in [0.2, 0.25) is 0 Å². The molecule has 2 aromatic heterocycles. The molecule has 0 aliphatic rings. The van der Waals surface area contributed by atoms with E-state index in [4.69, 9.17) is 5.73 Å². The third-order valence-corrected chi connectivity index (χ3v) is 3.51. The number of benzene rings is 1. The second-order valence-electron chi connectivity index (χ2n) is 5.27. The van der Waals surface area contributed by atoms with Crippen LogP contribution in [-0.2, 0) is 0 Å². The molecule has 3 heteroatoms. The van der Waals surface area contributed by atoms with Gasteiger partial charge in [-0.25, -0.2) is 4.98 Å². The standard InChI is InChI=1S/C17H17N3/c1-11(2)12-5-6-16-14(8-12)9-15(17(18)20-16)13-4-3-7-19-10-13/h3-11H,1-2H3,(H2,18,20). The lowest BCUT2D eigenvalue weighted by Gasteiger charge is -2.10. The molecule has 3 rings (SSSR count). The summed E-state index contributed by atoms with van der Waals surface area (Å²) in [5, 5.41) is 1.12. The van der Waals surface area contributed by atoms with Crippen LogP contribution in [0.15, 0.2) is 48.8 Å². The molecular weight excluding hydrogens is 246 g/mol. The second-order valence-corrected chi connectivity index (χ2v) is 5.27. The molecule has 1 aromatic carbocycles. The van der Waals surface area contributed by atoms with Crippen LogP contribution in [0.2, 0.25) is 0 Å². The number of nitrogen functional groups attached to an aromatic ring is 1. The molecule has 0 bridgehead atoms. The van der Waals surface area contributed by atoms with E-state index in [2.05, 4.69) is 42.0 Å². The van der Waals surface area contributed by atoms with Crippen molar-refractivity contribution in [2.45, 2.75) is 19.8 Å². The average Bonchev–Trinajstić information content (AvgIpc) is 2.47. The van der Waals surface area contributed by atoms with Gasteiger partial charge in [-0.3, -0.25) is 4.98 Å². The molecule has 0 unspecified atom stereocenters. The molecular formula is C17H17N3. The summed E-state index contributed by atoms with van der Waals surface area (Å²) in [6, 6.07) is 12.3. The maximum absolute atomic E-state index is 6.08. The lowest BCUT2D eigenvalue weighted by Crippen LogP contribution is -1.96. The summed E-state index contributed by atoms with van der Waals surface area (Å²) in [7, 11) is 0. The van der Waals surface area contributed by atoms with Crippen molar-refractivity contribution in [1.82, 2.24) is 9.97 Å². The number of pyridine rings is 2. The predicted molar refractivity (Wildman–Crippen MR) is 83.5 cm³/mol. The molecule has 0 radical (unpaired) electrons. The van der Waals surface area contributed by atoms with Gasteiger partial charge in [0.25, 0.3) is 0 Å². The fourth-order valence-electron chi connectivity index (χ4n) is 2.32. The highest BCUT2D eigenvalue weighted by Crippen LogP contribution is 2.29. The van der Waals surface area contributed by atoms with E-state index in [-0.39, 0.29) is 0 Å². The van der Waals surface area contributed by atoms with E-state index in [1.54, 1.807) is 6.20 Å². The van der Waals surface area contributed by atoms with Crippen molar-refractivity contribution in [3.63, 3.8) is 0 Å². The minimum atomic E-state index is 0.499. The number of nitrogens with zero attached hydrogens (tertiary/aromatic N) is 2. The van der Waals surface area contributed by atoms with Crippen molar-refractivity contribution in [3.05, 3.63) is 54.4 Å². The molecule has 0 saturated carbocycles. The van der Waals surface area contributed by atoms with Gasteiger partial charge in [0.15, 0.2) is 0 Å². The van der Waals surface area contributed by atoms with Crippen molar-refractivity contribution in [1.29, 1.82) is 0 Å². The molecule has 0 fully saturated rings. The Morgan fingerprint density at radius 1 is 1.10 bits per heavy atom. The van der Waals surface area contributed by atoms with Gasteiger partial charge in [-0.15, -0.1) is 0 Å². The Hall–Kier alpha value is -2.42. The van der Waals surface area contributed by atoms with Gasteiger partial charge in [0.05, 0.1) is 5.52 Å². The van der Waals surface area contributed by atoms with Gasteiger partial charge in [-0.1, -0.05) is 26.0 Å². The van der Waals surface area contributed by atoms with Gasteiger partial charge >= 0.3 is 0 Å². The second kappa shape index (κ2) is 4.93. The molecule has 0 amide bonds. The topological polar surface area (TPSA) is 51.8 Å². The summed E-state index contributed by atoms with van der Waals surface area (Å²) >= 11 is 0. The first-order valence-electron chi connectivity index (χ1n) is 6.76. The summed E-state index contributed by atoms with van der Waals surface area (Å²) < 4.78 is 0. The Labute approximate surface area is 118 Å². The lowest BCUT2D eigenvalue weighted by molar-refractivity contribution is 0.868. The van der Waals surface area contributed by atoms with Crippen LogP contribution >= 0.6 is 0 Å².